The summed E-state index contributed by atoms with van der Waals surface area (Å²) in [6.07, 6.45) is 1.83. The normalized spacial score (nSPS) is 12.2. The zero-order chi connectivity index (χ0) is 8.69. The molecule has 1 atom stereocenters. The molecule has 0 aromatic rings. The molecule has 0 aliphatic carbocycles. The molecule has 0 N–H and O–H groups in total. The second-order valence-electron chi connectivity index (χ2n) is 2.25. The Labute approximate surface area is 72.0 Å². The highest BCUT2D eigenvalue weighted by Crippen LogP contribution is 2.09. The first-order chi connectivity index (χ1) is 5.22. The van der Waals surface area contributed by atoms with E-state index in [4.69, 9.17) is 0 Å². The molecule has 0 amide bonds. The van der Waals surface area contributed by atoms with Crippen LogP contribution >= 0.6 is 11.8 Å². The van der Waals surface area contributed by atoms with Gasteiger partial charge in [-0.2, -0.15) is 11.8 Å². The van der Waals surface area contributed by atoms with E-state index < -0.39 is 0 Å². The third-order valence-corrected chi connectivity index (χ3v) is 2.41. The van der Waals surface area contributed by atoms with Gasteiger partial charge in [-0.15, -0.1) is 6.58 Å². The lowest BCUT2D eigenvalue weighted by Gasteiger charge is -2.06. The van der Waals surface area contributed by atoms with Crippen LogP contribution in [0.1, 0.15) is 6.92 Å². The molecule has 0 heterocycles. The van der Waals surface area contributed by atoms with Crippen molar-refractivity contribution < 1.29 is 9.53 Å². The fraction of sp³-hybridized carbons (Fsp3) is 0.625. The number of hydrogen-bond acceptors (Lipinski definition) is 3. The van der Waals surface area contributed by atoms with Crippen LogP contribution in [0.2, 0.25) is 0 Å². The van der Waals surface area contributed by atoms with Gasteiger partial charge in [-0.25, -0.2) is 0 Å². The van der Waals surface area contributed by atoms with Crippen molar-refractivity contribution in [2.75, 3.05) is 18.6 Å². The molecule has 0 unspecified atom stereocenters. The molecule has 2 nitrogen and oxygen atoms in total. The van der Waals surface area contributed by atoms with E-state index in [0.717, 1.165) is 11.5 Å². The summed E-state index contributed by atoms with van der Waals surface area (Å²) in [5.74, 6) is 1.55. The molecule has 3 heteroatoms. The number of carbonyl (C=O) groups excluding carboxylic acids is 1. The Morgan fingerprint density at radius 1 is 1.82 bits per heavy atom. The quantitative estimate of drug-likeness (QED) is 0.360. The molecule has 0 bridgehead atoms. The molecule has 64 valence electrons. The van der Waals surface area contributed by atoms with Crippen molar-refractivity contribution in [3.05, 3.63) is 12.7 Å². The molecular weight excluding hydrogens is 160 g/mol. The van der Waals surface area contributed by atoms with Crippen LogP contribution in [0.5, 0.6) is 0 Å². The summed E-state index contributed by atoms with van der Waals surface area (Å²) in [6.45, 7) is 5.45. The molecule has 0 aromatic carbocycles. The summed E-state index contributed by atoms with van der Waals surface area (Å²) in [5.41, 5.74) is 0. The zero-order valence-corrected chi connectivity index (χ0v) is 7.82. The lowest BCUT2D eigenvalue weighted by atomic mass is 10.2. The van der Waals surface area contributed by atoms with E-state index in [9.17, 15) is 4.79 Å². The fourth-order valence-electron chi connectivity index (χ4n) is 0.597. The lowest BCUT2D eigenvalue weighted by molar-refractivity contribution is -0.143. The minimum absolute atomic E-state index is 0.00931. The van der Waals surface area contributed by atoms with Gasteiger partial charge in [0.05, 0.1) is 13.0 Å². The molecule has 11 heavy (non-hydrogen) atoms. The van der Waals surface area contributed by atoms with Gasteiger partial charge in [-0.3, -0.25) is 4.79 Å². The lowest BCUT2D eigenvalue weighted by Crippen LogP contribution is -2.14. The fourth-order valence-corrected chi connectivity index (χ4v) is 1.39. The number of hydrogen-bond donors (Lipinski definition) is 0. The predicted molar refractivity (Wildman–Crippen MR) is 48.7 cm³/mol. The largest absolute Gasteiger partial charge is 0.469 e. The number of methoxy groups -OCH3 is 1. The minimum Gasteiger partial charge on any atom is -0.469 e. The van der Waals surface area contributed by atoms with Crippen molar-refractivity contribution in [2.24, 2.45) is 5.92 Å². The van der Waals surface area contributed by atoms with Crippen molar-refractivity contribution in [3.8, 4) is 0 Å². The SMILES string of the molecule is C=CCSC[C@H](C)C(=O)OC. The molecular formula is C8H14O2S. The average Bonchev–Trinajstić information content (AvgIpc) is 2.03. The maximum atomic E-state index is 10.8. The van der Waals surface area contributed by atoms with Gasteiger partial charge in [-0.1, -0.05) is 13.0 Å². The molecule has 0 fully saturated rings. The van der Waals surface area contributed by atoms with Gasteiger partial charge in [0, 0.05) is 11.5 Å². The van der Waals surface area contributed by atoms with E-state index in [1.807, 2.05) is 13.0 Å². The average molecular weight is 174 g/mol. The highest BCUT2D eigenvalue weighted by Gasteiger charge is 2.11. The second-order valence-corrected chi connectivity index (χ2v) is 3.33. The summed E-state index contributed by atoms with van der Waals surface area (Å²) in [6, 6.07) is 0. The van der Waals surface area contributed by atoms with Crippen LogP contribution in [0.3, 0.4) is 0 Å². The van der Waals surface area contributed by atoms with Gasteiger partial charge >= 0.3 is 5.97 Å². The van der Waals surface area contributed by atoms with Gasteiger partial charge in [0.2, 0.25) is 0 Å². The molecule has 0 aromatic heterocycles. The predicted octanol–water partition coefficient (Wildman–Crippen LogP) is 1.71. The first-order valence-corrected chi connectivity index (χ1v) is 4.64. The first kappa shape index (κ1) is 10.6. The number of rotatable bonds is 5. The van der Waals surface area contributed by atoms with Crippen molar-refractivity contribution >= 4 is 17.7 Å². The topological polar surface area (TPSA) is 26.3 Å². The van der Waals surface area contributed by atoms with Crippen LogP contribution in [-0.4, -0.2) is 24.6 Å². The maximum absolute atomic E-state index is 10.8. The Morgan fingerprint density at radius 2 is 2.45 bits per heavy atom. The molecule has 0 spiro atoms. The van der Waals surface area contributed by atoms with Gasteiger partial charge in [0.1, 0.15) is 0 Å². The molecule has 0 radical (unpaired) electrons. The van der Waals surface area contributed by atoms with Crippen LogP contribution in [0.4, 0.5) is 0 Å². The minimum atomic E-state index is -0.137. The molecule has 0 rings (SSSR count). The Kier molecular flexibility index (Phi) is 6.03. The van der Waals surface area contributed by atoms with Gasteiger partial charge < -0.3 is 4.74 Å². The first-order valence-electron chi connectivity index (χ1n) is 3.48. The number of carbonyl (C=O) groups is 1. The summed E-state index contributed by atoms with van der Waals surface area (Å²) >= 11 is 1.69. The molecule has 0 aliphatic rings. The van der Waals surface area contributed by atoms with E-state index in [1.54, 1.807) is 11.8 Å². The van der Waals surface area contributed by atoms with Gasteiger partial charge in [-0.05, 0) is 0 Å². The van der Waals surface area contributed by atoms with E-state index in [1.165, 1.54) is 7.11 Å². The van der Waals surface area contributed by atoms with Crippen molar-refractivity contribution in [2.45, 2.75) is 6.92 Å². The van der Waals surface area contributed by atoms with Gasteiger partial charge in [0.15, 0.2) is 0 Å². The van der Waals surface area contributed by atoms with E-state index in [0.29, 0.717) is 0 Å². The summed E-state index contributed by atoms with van der Waals surface area (Å²) in [4.78, 5) is 10.8. The van der Waals surface area contributed by atoms with Crippen molar-refractivity contribution in [1.29, 1.82) is 0 Å². The smallest absolute Gasteiger partial charge is 0.309 e. The number of thioether (sulfide) groups is 1. The standard InChI is InChI=1S/C8H14O2S/c1-4-5-11-6-7(2)8(9)10-3/h4,7H,1,5-6H2,2-3H3/t7-/m0/s1. The summed E-state index contributed by atoms with van der Waals surface area (Å²) in [7, 11) is 1.41. The molecule has 0 saturated carbocycles. The van der Waals surface area contributed by atoms with Crippen molar-refractivity contribution in [1.82, 2.24) is 0 Å². The Morgan fingerprint density at radius 3 is 2.91 bits per heavy atom. The van der Waals surface area contributed by atoms with Crippen LogP contribution in [0.25, 0.3) is 0 Å². The number of esters is 1. The Bertz CT molecular complexity index is 134. The summed E-state index contributed by atoms with van der Waals surface area (Å²) in [5, 5.41) is 0. The third-order valence-electron chi connectivity index (χ3n) is 1.21. The zero-order valence-electron chi connectivity index (χ0n) is 7.00. The summed E-state index contributed by atoms with van der Waals surface area (Å²) < 4.78 is 4.56. The van der Waals surface area contributed by atoms with Crippen LogP contribution in [-0.2, 0) is 9.53 Å². The van der Waals surface area contributed by atoms with Crippen molar-refractivity contribution in [3.63, 3.8) is 0 Å². The third kappa shape index (κ3) is 4.90. The number of ether oxygens (including phenoxy) is 1. The monoisotopic (exact) mass is 174 g/mol. The highest BCUT2D eigenvalue weighted by molar-refractivity contribution is 7.99. The molecule has 0 aliphatic heterocycles. The van der Waals surface area contributed by atoms with Crippen LogP contribution in [0.15, 0.2) is 12.7 Å². The van der Waals surface area contributed by atoms with Crippen LogP contribution < -0.4 is 0 Å². The maximum Gasteiger partial charge on any atom is 0.309 e. The second kappa shape index (κ2) is 6.28. The molecule has 0 saturated heterocycles. The Balaban J connectivity index is 3.43. The van der Waals surface area contributed by atoms with E-state index >= 15 is 0 Å². The highest BCUT2D eigenvalue weighted by atomic mass is 32.2. The van der Waals surface area contributed by atoms with Crippen LogP contribution in [0, 0.1) is 5.92 Å². The van der Waals surface area contributed by atoms with E-state index in [2.05, 4.69) is 11.3 Å². The van der Waals surface area contributed by atoms with Gasteiger partial charge in [0.25, 0.3) is 0 Å². The van der Waals surface area contributed by atoms with E-state index in [-0.39, 0.29) is 11.9 Å². The Hall–Kier alpha value is -0.440.